The molecule has 2 aliphatic carbocycles. The van der Waals surface area contributed by atoms with Crippen LogP contribution in [-0.4, -0.2) is 43.1 Å². The van der Waals surface area contributed by atoms with E-state index in [0.717, 1.165) is 35.7 Å². The zero-order chi connectivity index (χ0) is 26.5. The second kappa shape index (κ2) is 12.1. The quantitative estimate of drug-likeness (QED) is 0.258. The Morgan fingerprint density at radius 3 is 2.68 bits per heavy atom. The summed E-state index contributed by atoms with van der Waals surface area (Å²) in [6, 6.07) is 1.73. The van der Waals surface area contributed by atoms with Crippen LogP contribution in [0.2, 0.25) is 0 Å². The Bertz CT molecular complexity index is 1140. The number of aryl methyl sites for hydroxylation is 2. The number of esters is 1. The Morgan fingerprint density at radius 1 is 1.16 bits per heavy atom. The molecule has 3 aliphatic rings. The van der Waals surface area contributed by atoms with E-state index < -0.39 is 7.40 Å². The SMILES string of the molecule is CC1=CCCC2C(CC1)C2COC(=O)CCC(=O)NCC/C(=C1\C=CC=N1)c1c(C)cc(C)n1B(F)F. The molecule has 0 saturated heterocycles. The van der Waals surface area contributed by atoms with Crippen molar-refractivity contribution in [2.24, 2.45) is 22.7 Å². The van der Waals surface area contributed by atoms with Gasteiger partial charge in [0, 0.05) is 36.1 Å². The van der Waals surface area contributed by atoms with Crippen LogP contribution in [-0.2, 0) is 14.3 Å². The van der Waals surface area contributed by atoms with Gasteiger partial charge in [-0.15, -0.1) is 0 Å². The molecule has 1 aliphatic heterocycles. The first kappa shape index (κ1) is 27.1. The van der Waals surface area contributed by atoms with Crippen LogP contribution in [0.3, 0.4) is 0 Å². The molecule has 9 heteroatoms. The fourth-order valence-corrected chi connectivity index (χ4v) is 5.84. The van der Waals surface area contributed by atoms with Crippen LogP contribution in [0.5, 0.6) is 0 Å². The van der Waals surface area contributed by atoms with Gasteiger partial charge in [-0.1, -0.05) is 11.6 Å². The van der Waals surface area contributed by atoms with E-state index in [4.69, 9.17) is 4.74 Å². The second-order valence-electron chi connectivity index (χ2n) is 10.4. The van der Waals surface area contributed by atoms with Crippen molar-refractivity contribution >= 4 is 31.1 Å². The van der Waals surface area contributed by atoms with E-state index in [1.54, 1.807) is 38.3 Å². The van der Waals surface area contributed by atoms with Gasteiger partial charge in [0.2, 0.25) is 5.91 Å². The number of fused-ring (bicyclic) bond motifs is 1. The van der Waals surface area contributed by atoms with Crippen molar-refractivity contribution in [2.45, 2.75) is 65.7 Å². The van der Waals surface area contributed by atoms with Crippen LogP contribution >= 0.6 is 0 Å². The van der Waals surface area contributed by atoms with Crippen molar-refractivity contribution in [3.63, 3.8) is 0 Å². The summed E-state index contributed by atoms with van der Waals surface area (Å²) < 4.78 is 34.1. The van der Waals surface area contributed by atoms with E-state index in [0.29, 0.717) is 53.4 Å². The lowest BCUT2D eigenvalue weighted by Gasteiger charge is -2.15. The van der Waals surface area contributed by atoms with Gasteiger partial charge in [0.1, 0.15) is 0 Å². The van der Waals surface area contributed by atoms with Crippen molar-refractivity contribution in [3.8, 4) is 0 Å². The Kier molecular flexibility index (Phi) is 8.82. The van der Waals surface area contributed by atoms with Gasteiger partial charge in [-0.2, -0.15) is 0 Å². The Balaban J connectivity index is 1.23. The van der Waals surface area contributed by atoms with Gasteiger partial charge >= 0.3 is 13.4 Å². The predicted octanol–water partition coefficient (Wildman–Crippen LogP) is 5.44. The number of hydrogen-bond donors (Lipinski definition) is 1. The highest BCUT2D eigenvalue weighted by atomic mass is 19.2. The Hall–Kier alpha value is -2.97. The molecular formula is C28H36BF2N3O3. The molecule has 1 amide bonds. The second-order valence-corrected chi connectivity index (χ2v) is 10.4. The highest BCUT2D eigenvalue weighted by Gasteiger charge is 2.49. The molecule has 198 valence electrons. The normalized spacial score (nSPS) is 23.6. The zero-order valence-corrected chi connectivity index (χ0v) is 21.9. The van der Waals surface area contributed by atoms with Crippen LogP contribution in [0.15, 0.2) is 40.6 Å². The zero-order valence-electron chi connectivity index (χ0n) is 21.9. The number of amides is 1. The van der Waals surface area contributed by atoms with E-state index in [1.807, 2.05) is 0 Å². The molecule has 1 fully saturated rings. The number of nitrogens with zero attached hydrogens (tertiary/aromatic N) is 2. The van der Waals surface area contributed by atoms with Crippen LogP contribution in [0.1, 0.15) is 68.8 Å². The number of ether oxygens (including phenoxy) is 1. The summed E-state index contributed by atoms with van der Waals surface area (Å²) in [7, 11) is -2.68. The maximum absolute atomic E-state index is 13.8. The van der Waals surface area contributed by atoms with Gasteiger partial charge in [0.25, 0.3) is 0 Å². The molecule has 37 heavy (non-hydrogen) atoms. The molecule has 0 bridgehead atoms. The van der Waals surface area contributed by atoms with E-state index in [-0.39, 0.29) is 31.3 Å². The third-order valence-corrected chi connectivity index (χ3v) is 7.83. The first-order chi connectivity index (χ1) is 17.8. The molecule has 6 nitrogen and oxygen atoms in total. The molecule has 2 heterocycles. The average molecular weight is 511 g/mol. The molecular weight excluding hydrogens is 475 g/mol. The van der Waals surface area contributed by atoms with Crippen molar-refractivity contribution in [1.29, 1.82) is 0 Å². The van der Waals surface area contributed by atoms with Crippen molar-refractivity contribution in [1.82, 2.24) is 9.79 Å². The summed E-state index contributed by atoms with van der Waals surface area (Å²) >= 11 is 0. The summed E-state index contributed by atoms with van der Waals surface area (Å²) in [4.78, 5) is 28.9. The van der Waals surface area contributed by atoms with Crippen LogP contribution in [0, 0.1) is 31.6 Å². The molecule has 0 spiro atoms. The number of rotatable bonds is 10. The van der Waals surface area contributed by atoms with E-state index in [9.17, 15) is 18.2 Å². The largest absolute Gasteiger partial charge is 0.677 e. The third kappa shape index (κ3) is 6.68. The maximum atomic E-state index is 13.8. The predicted molar refractivity (Wildman–Crippen MR) is 142 cm³/mol. The number of halogens is 2. The van der Waals surface area contributed by atoms with Crippen LogP contribution < -0.4 is 5.32 Å². The maximum Gasteiger partial charge on any atom is 0.677 e. The molecule has 0 aromatic carbocycles. The molecule has 3 atom stereocenters. The van der Waals surface area contributed by atoms with Crippen LogP contribution in [0.25, 0.3) is 5.57 Å². The molecule has 1 N–H and O–H groups in total. The lowest BCUT2D eigenvalue weighted by atomic mass is 10.0. The molecule has 1 saturated carbocycles. The third-order valence-electron chi connectivity index (χ3n) is 7.83. The van der Waals surface area contributed by atoms with E-state index in [2.05, 4.69) is 23.3 Å². The van der Waals surface area contributed by atoms with Gasteiger partial charge in [0.05, 0.1) is 18.7 Å². The van der Waals surface area contributed by atoms with Crippen molar-refractivity contribution in [2.75, 3.05) is 13.2 Å². The highest BCUT2D eigenvalue weighted by Crippen LogP contribution is 2.53. The number of aliphatic imine (C=N–C) groups is 1. The molecule has 1 aromatic rings. The fourth-order valence-electron chi connectivity index (χ4n) is 5.84. The Labute approximate surface area is 218 Å². The minimum absolute atomic E-state index is 0.0298. The summed E-state index contributed by atoms with van der Waals surface area (Å²) in [5, 5.41) is 2.81. The number of hydrogen-bond acceptors (Lipinski definition) is 4. The standard InChI is InChI=1S/C28H36BF2N3O3/c1-18-6-4-7-21-22(10-9-18)24(21)17-37-27(36)12-11-26(35)33-15-13-23(25-8-5-14-32-25)28-19(2)16-20(3)34(28)29(30)31/h5-6,8,14,16,21-22,24H,4,7,9-13,15,17H2,1-3H3,(H,33,35)/b18-6?,25-23-. The summed E-state index contributed by atoms with van der Waals surface area (Å²) in [5.74, 6) is 1.15. The number of nitrogens with one attached hydrogen (secondary N) is 1. The molecule has 4 rings (SSSR count). The van der Waals surface area contributed by atoms with Crippen molar-refractivity contribution < 1.29 is 23.0 Å². The smallest absolute Gasteiger partial charge is 0.465 e. The van der Waals surface area contributed by atoms with Crippen molar-refractivity contribution in [3.05, 3.63) is 52.5 Å². The fraction of sp³-hybridized carbons (Fsp3) is 0.536. The molecule has 3 unspecified atom stereocenters. The summed E-state index contributed by atoms with van der Waals surface area (Å²) in [6.45, 7) is 6.33. The molecule has 1 aromatic heterocycles. The summed E-state index contributed by atoms with van der Waals surface area (Å²) in [5.41, 5.74) is 4.35. The number of carbonyl (C=O) groups is 2. The molecule has 0 radical (unpaired) electrons. The monoisotopic (exact) mass is 511 g/mol. The number of allylic oxidation sites excluding steroid dienone is 4. The lowest BCUT2D eigenvalue weighted by Crippen LogP contribution is -2.26. The van der Waals surface area contributed by atoms with Gasteiger partial charge in [-0.3, -0.25) is 23.2 Å². The minimum atomic E-state index is -2.68. The minimum Gasteiger partial charge on any atom is -0.465 e. The topological polar surface area (TPSA) is 72.7 Å². The summed E-state index contributed by atoms with van der Waals surface area (Å²) in [6.07, 6.45) is 12.4. The van der Waals surface area contributed by atoms with E-state index in [1.165, 1.54) is 5.57 Å². The van der Waals surface area contributed by atoms with Gasteiger partial charge in [-0.25, -0.2) is 0 Å². The van der Waals surface area contributed by atoms with Gasteiger partial charge in [-0.05, 0) is 94.4 Å². The van der Waals surface area contributed by atoms with Crippen LogP contribution in [0.4, 0.5) is 8.63 Å². The number of aromatic nitrogens is 1. The lowest BCUT2D eigenvalue weighted by molar-refractivity contribution is -0.145. The van der Waals surface area contributed by atoms with Gasteiger partial charge < -0.3 is 14.5 Å². The van der Waals surface area contributed by atoms with E-state index >= 15 is 0 Å². The first-order valence-corrected chi connectivity index (χ1v) is 13.2. The number of carbonyl (C=O) groups excluding carboxylic acids is 2. The van der Waals surface area contributed by atoms with Gasteiger partial charge in [0.15, 0.2) is 0 Å². The first-order valence-electron chi connectivity index (χ1n) is 13.2. The highest BCUT2D eigenvalue weighted by molar-refractivity contribution is 6.41. The average Bonchev–Trinajstić information content (AvgIpc) is 3.13. The Morgan fingerprint density at radius 2 is 1.95 bits per heavy atom.